The average Bonchev–Trinajstić information content (AvgIpc) is 2.36. The second-order valence-corrected chi connectivity index (χ2v) is 3.23. The molecule has 11 heavy (non-hydrogen) atoms. The topological polar surface area (TPSA) is 42.3 Å². The molecule has 1 fully saturated rings. The summed E-state index contributed by atoms with van der Waals surface area (Å²) >= 11 is 0. The molecule has 0 amide bonds. The highest BCUT2D eigenvalue weighted by Gasteiger charge is 2.26. The molecule has 0 aromatic carbocycles. The lowest BCUT2D eigenvalue weighted by Crippen LogP contribution is -2.13. The van der Waals surface area contributed by atoms with Crippen LogP contribution in [0, 0.1) is 17.2 Å². The predicted molar refractivity (Wildman–Crippen MR) is 42.3 cm³/mol. The maximum atomic E-state index is 7.43. The number of hydrogen-bond acceptors (Lipinski definition) is 3. The van der Waals surface area contributed by atoms with Gasteiger partial charge in [-0.15, -0.1) is 0 Å². The molecule has 0 bridgehead atoms. The second-order valence-electron chi connectivity index (χ2n) is 3.23. The first-order valence-corrected chi connectivity index (χ1v) is 4.03. The normalized spacial score (nSPS) is 30.4. The van der Waals surface area contributed by atoms with E-state index in [0.29, 0.717) is 5.92 Å². The zero-order valence-corrected chi connectivity index (χ0v) is 7.09. The van der Waals surface area contributed by atoms with E-state index in [1.54, 1.807) is 0 Å². The van der Waals surface area contributed by atoms with E-state index in [4.69, 9.17) is 5.41 Å². The van der Waals surface area contributed by atoms with Crippen LogP contribution in [0.3, 0.4) is 0 Å². The molecular weight excluding hydrogens is 142 g/mol. The van der Waals surface area contributed by atoms with Gasteiger partial charge in [0.25, 0.3) is 0 Å². The summed E-state index contributed by atoms with van der Waals surface area (Å²) in [5.41, 5.74) is 0. The van der Waals surface area contributed by atoms with Gasteiger partial charge in [0, 0.05) is 5.92 Å². The van der Waals surface area contributed by atoms with Crippen molar-refractivity contribution < 1.29 is 9.78 Å². The highest BCUT2D eigenvalue weighted by molar-refractivity contribution is 5.75. The molecule has 0 aliphatic heterocycles. The van der Waals surface area contributed by atoms with Crippen LogP contribution in [0.5, 0.6) is 0 Å². The van der Waals surface area contributed by atoms with Gasteiger partial charge in [-0.25, -0.2) is 0 Å². The summed E-state index contributed by atoms with van der Waals surface area (Å²) in [6.07, 6.45) is 3.35. The maximum absolute atomic E-state index is 7.43. The largest absolute Gasteiger partial charge is 0.322 e. The Kier molecular flexibility index (Phi) is 2.88. The molecule has 3 heteroatoms. The van der Waals surface area contributed by atoms with E-state index < -0.39 is 0 Å². The van der Waals surface area contributed by atoms with Crippen LogP contribution in [0.1, 0.15) is 26.2 Å². The Morgan fingerprint density at radius 3 is 2.64 bits per heavy atom. The van der Waals surface area contributed by atoms with Crippen LogP contribution >= 0.6 is 0 Å². The van der Waals surface area contributed by atoms with Crippen molar-refractivity contribution in [3.63, 3.8) is 0 Å². The van der Waals surface area contributed by atoms with E-state index in [2.05, 4.69) is 16.7 Å². The molecule has 64 valence electrons. The van der Waals surface area contributed by atoms with Crippen molar-refractivity contribution in [1.82, 2.24) is 0 Å². The van der Waals surface area contributed by atoms with Crippen molar-refractivity contribution in [1.29, 1.82) is 5.41 Å². The molecule has 1 aliphatic rings. The molecule has 0 radical (unpaired) electrons. The first-order chi connectivity index (χ1) is 5.24. The Hall–Kier alpha value is -0.570. The lowest BCUT2D eigenvalue weighted by atomic mass is 10.1. The quantitative estimate of drug-likeness (QED) is 0.288. The van der Waals surface area contributed by atoms with E-state index >= 15 is 0 Å². The van der Waals surface area contributed by atoms with Crippen molar-refractivity contribution in [3.8, 4) is 0 Å². The van der Waals surface area contributed by atoms with Gasteiger partial charge in [0.1, 0.15) is 0 Å². The summed E-state index contributed by atoms with van der Waals surface area (Å²) in [5, 5.41) is 7.43. The van der Waals surface area contributed by atoms with Crippen LogP contribution in [0.4, 0.5) is 0 Å². The predicted octanol–water partition coefficient (Wildman–Crippen LogP) is 1.98. The molecular formula is C8H15NO2. The van der Waals surface area contributed by atoms with Gasteiger partial charge in [-0.05, 0) is 25.2 Å². The fraction of sp³-hybridized carbons (Fsp3) is 0.875. The monoisotopic (exact) mass is 157 g/mol. The number of hydrogen-bond donors (Lipinski definition) is 1. The van der Waals surface area contributed by atoms with E-state index in [-0.39, 0.29) is 5.90 Å². The van der Waals surface area contributed by atoms with Crippen molar-refractivity contribution in [3.05, 3.63) is 0 Å². The van der Waals surface area contributed by atoms with Crippen LogP contribution < -0.4 is 0 Å². The third-order valence-electron chi connectivity index (χ3n) is 2.24. The summed E-state index contributed by atoms with van der Waals surface area (Å²) in [6.45, 7) is 2.21. The van der Waals surface area contributed by atoms with Crippen LogP contribution in [0.15, 0.2) is 0 Å². The molecule has 0 heterocycles. The number of nitrogens with one attached hydrogen (secondary N) is 1. The zero-order chi connectivity index (χ0) is 8.27. The Labute approximate surface area is 67.1 Å². The minimum absolute atomic E-state index is 0.289. The van der Waals surface area contributed by atoms with Gasteiger partial charge in [-0.1, -0.05) is 6.92 Å². The minimum Gasteiger partial charge on any atom is -0.322 e. The molecule has 0 saturated heterocycles. The summed E-state index contributed by atoms with van der Waals surface area (Å²) in [6, 6.07) is 0. The van der Waals surface area contributed by atoms with Gasteiger partial charge in [-0.3, -0.25) is 5.41 Å². The standard InChI is InChI=1S/C8H15NO2/c1-6-3-4-7(5-6)8(9)11-10-2/h6-7,9H,3-5H2,1-2H3/t6-,7+/m0/s1. The molecule has 0 unspecified atom stereocenters. The van der Waals surface area contributed by atoms with Crippen LogP contribution in [0.2, 0.25) is 0 Å². The summed E-state index contributed by atoms with van der Waals surface area (Å²) in [4.78, 5) is 9.08. The molecule has 1 saturated carbocycles. The summed E-state index contributed by atoms with van der Waals surface area (Å²) in [7, 11) is 1.44. The van der Waals surface area contributed by atoms with Crippen molar-refractivity contribution in [2.75, 3.05) is 7.11 Å². The smallest absolute Gasteiger partial charge is 0.228 e. The molecule has 1 aliphatic carbocycles. The summed E-state index contributed by atoms with van der Waals surface area (Å²) < 4.78 is 0. The Morgan fingerprint density at radius 2 is 2.18 bits per heavy atom. The molecule has 1 rings (SSSR count). The lowest BCUT2D eigenvalue weighted by molar-refractivity contribution is -0.199. The highest BCUT2D eigenvalue weighted by Crippen LogP contribution is 2.31. The van der Waals surface area contributed by atoms with Crippen molar-refractivity contribution in [2.45, 2.75) is 26.2 Å². The Balaban J connectivity index is 2.31. The maximum Gasteiger partial charge on any atom is 0.228 e. The van der Waals surface area contributed by atoms with E-state index in [1.807, 2.05) is 0 Å². The fourth-order valence-electron chi connectivity index (χ4n) is 1.60. The van der Waals surface area contributed by atoms with Crippen LogP contribution in [-0.2, 0) is 9.78 Å². The van der Waals surface area contributed by atoms with Gasteiger partial charge in [0.2, 0.25) is 5.90 Å². The van der Waals surface area contributed by atoms with Crippen LogP contribution in [-0.4, -0.2) is 13.0 Å². The molecule has 3 nitrogen and oxygen atoms in total. The van der Waals surface area contributed by atoms with Crippen molar-refractivity contribution in [2.24, 2.45) is 11.8 Å². The van der Waals surface area contributed by atoms with Gasteiger partial charge in [-0.2, -0.15) is 4.89 Å². The zero-order valence-electron chi connectivity index (χ0n) is 7.09. The van der Waals surface area contributed by atoms with Gasteiger partial charge >= 0.3 is 0 Å². The molecule has 0 aromatic rings. The molecule has 2 atom stereocenters. The Morgan fingerprint density at radius 1 is 1.45 bits per heavy atom. The van der Waals surface area contributed by atoms with E-state index in [1.165, 1.54) is 13.5 Å². The number of rotatable bonds is 2. The van der Waals surface area contributed by atoms with E-state index in [9.17, 15) is 0 Å². The van der Waals surface area contributed by atoms with Crippen molar-refractivity contribution >= 4 is 5.90 Å². The van der Waals surface area contributed by atoms with Crippen LogP contribution in [0.25, 0.3) is 0 Å². The van der Waals surface area contributed by atoms with Gasteiger partial charge < -0.3 is 4.89 Å². The Bertz CT molecular complexity index is 147. The third-order valence-corrected chi connectivity index (χ3v) is 2.24. The fourth-order valence-corrected chi connectivity index (χ4v) is 1.60. The van der Waals surface area contributed by atoms with Gasteiger partial charge in [0.15, 0.2) is 0 Å². The summed E-state index contributed by atoms with van der Waals surface area (Å²) in [5.74, 6) is 1.32. The SMILES string of the molecule is COOC(=N)[C@@H]1CC[C@H](C)C1. The second kappa shape index (κ2) is 3.72. The van der Waals surface area contributed by atoms with Gasteiger partial charge in [0.05, 0.1) is 7.11 Å². The highest BCUT2D eigenvalue weighted by atomic mass is 17.2. The molecule has 0 aromatic heterocycles. The lowest BCUT2D eigenvalue weighted by Gasteiger charge is -2.08. The first-order valence-electron chi connectivity index (χ1n) is 4.03. The molecule has 0 spiro atoms. The minimum atomic E-state index is 0.289. The first kappa shape index (κ1) is 8.53. The molecule has 1 N–H and O–H groups in total. The third kappa shape index (κ3) is 2.19. The van der Waals surface area contributed by atoms with E-state index in [0.717, 1.165) is 18.8 Å². The average molecular weight is 157 g/mol.